The molecule has 0 radical (unpaired) electrons. The van der Waals surface area contributed by atoms with Crippen molar-refractivity contribution in [3.05, 3.63) is 65.1 Å². The van der Waals surface area contributed by atoms with Gasteiger partial charge >= 0.3 is 0 Å². The standard InChI is InChI=1S/C19H21N3O/c1-13-6-8-14(9-7-13)19(10-11-19)17-21-20-16-15(18(2,3)23)5-4-12-22(16)17/h4-9,12,23H,10-11H2,1-3H3/i2+1,3+1. The maximum atomic E-state index is 10.4. The van der Waals surface area contributed by atoms with E-state index in [4.69, 9.17) is 0 Å². The van der Waals surface area contributed by atoms with Gasteiger partial charge < -0.3 is 5.11 Å². The van der Waals surface area contributed by atoms with E-state index in [9.17, 15) is 5.11 Å². The van der Waals surface area contributed by atoms with Gasteiger partial charge in [-0.25, -0.2) is 0 Å². The molecule has 2 aromatic heterocycles. The van der Waals surface area contributed by atoms with E-state index in [1.807, 2.05) is 22.7 Å². The largest absolute Gasteiger partial charge is 0.386 e. The molecule has 1 saturated carbocycles. The Kier molecular flexibility index (Phi) is 2.91. The highest BCUT2D eigenvalue weighted by atomic mass is 16.3. The highest BCUT2D eigenvalue weighted by molar-refractivity contribution is 5.53. The lowest BCUT2D eigenvalue weighted by Crippen LogP contribution is -2.18. The average Bonchev–Trinajstić information content (AvgIpc) is 3.19. The van der Waals surface area contributed by atoms with Crippen molar-refractivity contribution < 1.29 is 5.11 Å². The van der Waals surface area contributed by atoms with E-state index in [1.165, 1.54) is 11.1 Å². The van der Waals surface area contributed by atoms with Crippen molar-refractivity contribution in [2.45, 2.75) is 44.6 Å². The Morgan fingerprint density at radius 2 is 1.78 bits per heavy atom. The van der Waals surface area contributed by atoms with Crippen molar-refractivity contribution in [2.75, 3.05) is 0 Å². The third-order valence-corrected chi connectivity index (χ3v) is 4.88. The Morgan fingerprint density at radius 1 is 1.09 bits per heavy atom. The van der Waals surface area contributed by atoms with E-state index in [0.29, 0.717) is 0 Å². The number of benzene rings is 1. The van der Waals surface area contributed by atoms with Crippen LogP contribution in [-0.4, -0.2) is 19.7 Å². The third kappa shape index (κ3) is 2.17. The van der Waals surface area contributed by atoms with Crippen LogP contribution < -0.4 is 0 Å². The molecule has 1 fully saturated rings. The zero-order valence-electron chi connectivity index (χ0n) is 13.7. The van der Waals surface area contributed by atoms with Gasteiger partial charge in [0.2, 0.25) is 0 Å². The van der Waals surface area contributed by atoms with Gasteiger partial charge in [0.05, 0.1) is 11.0 Å². The molecule has 0 aliphatic heterocycles. The molecule has 23 heavy (non-hydrogen) atoms. The molecule has 4 nitrogen and oxygen atoms in total. The normalized spacial score (nSPS) is 16.7. The van der Waals surface area contributed by atoms with Crippen LogP contribution in [0, 0.1) is 6.92 Å². The first-order chi connectivity index (χ1) is 10.9. The highest BCUT2D eigenvalue weighted by Gasteiger charge is 2.49. The molecule has 0 unspecified atom stereocenters. The van der Waals surface area contributed by atoms with Gasteiger partial charge in [-0.1, -0.05) is 35.9 Å². The van der Waals surface area contributed by atoms with E-state index in [-0.39, 0.29) is 5.41 Å². The van der Waals surface area contributed by atoms with Gasteiger partial charge in [0.15, 0.2) is 5.65 Å². The molecular weight excluding hydrogens is 288 g/mol. The van der Waals surface area contributed by atoms with Crippen LogP contribution in [-0.2, 0) is 11.0 Å². The first-order valence-electron chi connectivity index (χ1n) is 8.06. The van der Waals surface area contributed by atoms with E-state index < -0.39 is 5.60 Å². The fraction of sp³-hybridized carbons (Fsp3) is 0.368. The molecule has 0 atom stereocenters. The molecular formula is C19H21N3O. The van der Waals surface area contributed by atoms with Gasteiger partial charge in [0.25, 0.3) is 0 Å². The second-order valence-corrected chi connectivity index (χ2v) is 7.15. The number of aromatic nitrogens is 3. The van der Waals surface area contributed by atoms with Crippen molar-refractivity contribution in [1.82, 2.24) is 14.6 Å². The Bertz CT molecular complexity index is 868. The van der Waals surface area contributed by atoms with Crippen molar-refractivity contribution >= 4 is 5.65 Å². The van der Waals surface area contributed by atoms with Crippen LogP contribution in [0.4, 0.5) is 0 Å². The van der Waals surface area contributed by atoms with Gasteiger partial charge in [-0.3, -0.25) is 4.40 Å². The van der Waals surface area contributed by atoms with Crippen molar-refractivity contribution in [3.63, 3.8) is 0 Å². The minimum atomic E-state index is -0.937. The van der Waals surface area contributed by atoms with Crippen molar-refractivity contribution in [3.8, 4) is 0 Å². The summed E-state index contributed by atoms with van der Waals surface area (Å²) in [6.45, 7) is 5.67. The number of hydrogen-bond acceptors (Lipinski definition) is 3. The third-order valence-electron chi connectivity index (χ3n) is 4.88. The van der Waals surface area contributed by atoms with E-state index in [2.05, 4.69) is 41.4 Å². The molecule has 0 bridgehead atoms. The smallest absolute Gasteiger partial charge is 0.166 e. The summed E-state index contributed by atoms with van der Waals surface area (Å²) < 4.78 is 2.04. The van der Waals surface area contributed by atoms with Crippen LogP contribution in [0.25, 0.3) is 5.65 Å². The van der Waals surface area contributed by atoms with Gasteiger partial charge in [0, 0.05) is 11.8 Å². The summed E-state index contributed by atoms with van der Waals surface area (Å²) in [4.78, 5) is 0. The zero-order chi connectivity index (χ0) is 16.2. The Morgan fingerprint density at radius 3 is 2.39 bits per heavy atom. The molecule has 4 rings (SSSR count). The second-order valence-electron chi connectivity index (χ2n) is 7.15. The molecule has 1 aliphatic carbocycles. The monoisotopic (exact) mass is 309 g/mol. The van der Waals surface area contributed by atoms with Gasteiger partial charge in [-0.05, 0) is 45.2 Å². The van der Waals surface area contributed by atoms with Gasteiger partial charge in [0.1, 0.15) is 5.82 Å². The van der Waals surface area contributed by atoms with Crippen LogP contribution in [0.1, 0.15) is 49.2 Å². The quantitative estimate of drug-likeness (QED) is 0.755. The second kappa shape index (κ2) is 4.65. The average molecular weight is 309 g/mol. The number of nitrogens with zero attached hydrogens (tertiary/aromatic N) is 3. The fourth-order valence-corrected chi connectivity index (χ4v) is 3.36. The number of aliphatic hydroxyl groups is 1. The molecule has 0 amide bonds. The minimum Gasteiger partial charge on any atom is -0.386 e. The number of hydrogen-bond donors (Lipinski definition) is 1. The lowest BCUT2D eigenvalue weighted by Gasteiger charge is -2.19. The van der Waals surface area contributed by atoms with Crippen LogP contribution >= 0.6 is 0 Å². The Hall–Kier alpha value is -2.20. The van der Waals surface area contributed by atoms with E-state index in [1.54, 1.807) is 13.8 Å². The summed E-state index contributed by atoms with van der Waals surface area (Å²) >= 11 is 0. The topological polar surface area (TPSA) is 50.4 Å². The van der Waals surface area contributed by atoms with Crippen LogP contribution in [0.2, 0.25) is 0 Å². The summed E-state index contributed by atoms with van der Waals surface area (Å²) in [5, 5.41) is 19.3. The first kappa shape index (κ1) is 14.4. The summed E-state index contributed by atoms with van der Waals surface area (Å²) in [7, 11) is 0. The fourth-order valence-electron chi connectivity index (χ4n) is 3.36. The van der Waals surface area contributed by atoms with Crippen LogP contribution in [0.15, 0.2) is 42.6 Å². The molecule has 0 saturated heterocycles. The number of rotatable bonds is 3. The molecule has 1 aliphatic rings. The van der Waals surface area contributed by atoms with E-state index >= 15 is 0 Å². The first-order valence-corrected chi connectivity index (χ1v) is 8.06. The van der Waals surface area contributed by atoms with Crippen molar-refractivity contribution in [1.29, 1.82) is 0 Å². The molecule has 1 aromatic carbocycles. The van der Waals surface area contributed by atoms with Gasteiger partial charge in [-0.2, -0.15) is 0 Å². The lowest BCUT2D eigenvalue weighted by atomic mass is 9.94. The summed E-state index contributed by atoms with van der Waals surface area (Å²) in [6.07, 6.45) is 4.17. The predicted molar refractivity (Wildman–Crippen MR) is 89.4 cm³/mol. The number of aryl methyl sites for hydroxylation is 1. The predicted octanol–water partition coefficient (Wildman–Crippen LogP) is 3.35. The number of pyridine rings is 1. The SMILES string of the molecule is Cc1ccc(C2(c3nnc4c(C([13CH3])([13CH3])O)cccn34)CC2)cc1. The molecule has 3 aromatic rings. The minimum absolute atomic E-state index is 0.0364. The number of fused-ring (bicyclic) bond motifs is 1. The Balaban J connectivity index is 1.89. The zero-order valence-corrected chi connectivity index (χ0v) is 13.7. The van der Waals surface area contributed by atoms with Crippen LogP contribution in [0.5, 0.6) is 0 Å². The molecule has 2 heterocycles. The highest BCUT2D eigenvalue weighted by Crippen LogP contribution is 2.52. The van der Waals surface area contributed by atoms with Crippen LogP contribution in [0.3, 0.4) is 0 Å². The molecule has 118 valence electrons. The lowest BCUT2D eigenvalue weighted by molar-refractivity contribution is 0.0796. The molecule has 0 spiro atoms. The van der Waals surface area contributed by atoms with Crippen molar-refractivity contribution in [2.24, 2.45) is 0 Å². The van der Waals surface area contributed by atoms with E-state index in [0.717, 1.165) is 29.9 Å². The van der Waals surface area contributed by atoms with Gasteiger partial charge in [-0.15, -0.1) is 10.2 Å². The maximum Gasteiger partial charge on any atom is 0.166 e. The summed E-state index contributed by atoms with van der Waals surface area (Å²) in [6, 6.07) is 12.6. The summed E-state index contributed by atoms with van der Waals surface area (Å²) in [5.74, 6) is 0.974. The molecule has 4 heteroatoms. The molecule has 1 N–H and O–H groups in total. The maximum absolute atomic E-state index is 10.4. The Labute approximate surface area is 135 Å². The summed E-state index contributed by atoms with van der Waals surface area (Å²) in [5.41, 5.74) is 3.14.